The Morgan fingerprint density at radius 3 is 2.88 bits per heavy atom. The first kappa shape index (κ1) is 15.5. The van der Waals surface area contributed by atoms with Crippen LogP contribution in [0.25, 0.3) is 16.9 Å². The minimum atomic E-state index is -0.198. The second-order valence-electron chi connectivity index (χ2n) is 5.72. The van der Waals surface area contributed by atoms with Gasteiger partial charge in [0.1, 0.15) is 18.1 Å². The molecule has 1 saturated heterocycles. The molecule has 1 aliphatic rings. The number of imidazole rings is 1. The van der Waals surface area contributed by atoms with Gasteiger partial charge in [0.15, 0.2) is 11.5 Å². The fourth-order valence-corrected chi connectivity index (χ4v) is 3.10. The summed E-state index contributed by atoms with van der Waals surface area (Å²) in [7, 11) is 0. The Morgan fingerprint density at radius 1 is 1.32 bits per heavy atom. The van der Waals surface area contributed by atoms with E-state index in [1.54, 1.807) is 22.1 Å². The van der Waals surface area contributed by atoms with Crippen molar-refractivity contribution in [3.05, 3.63) is 35.4 Å². The van der Waals surface area contributed by atoms with Gasteiger partial charge in [0.05, 0.1) is 18.5 Å². The smallest absolute Gasteiger partial charge is 0.336 e. The van der Waals surface area contributed by atoms with Gasteiger partial charge in [0.2, 0.25) is 0 Å². The van der Waals surface area contributed by atoms with Gasteiger partial charge in [-0.25, -0.2) is 19.3 Å². The Morgan fingerprint density at radius 2 is 2.16 bits per heavy atom. The Labute approximate surface area is 144 Å². The second kappa shape index (κ2) is 6.45. The number of hydrogen-bond acceptors (Lipinski definition) is 6. The molecule has 0 amide bonds. The molecule has 0 unspecified atom stereocenters. The third kappa shape index (κ3) is 2.58. The van der Waals surface area contributed by atoms with Crippen molar-refractivity contribution in [2.75, 3.05) is 31.1 Å². The molecule has 3 aromatic heterocycles. The summed E-state index contributed by atoms with van der Waals surface area (Å²) in [5.41, 5.74) is 1.71. The third-order valence-electron chi connectivity index (χ3n) is 4.28. The molecule has 128 valence electrons. The number of furan rings is 1. The van der Waals surface area contributed by atoms with Gasteiger partial charge in [-0.15, -0.1) is 5.92 Å². The Bertz CT molecular complexity index is 1000. The maximum atomic E-state index is 13.0. The monoisotopic (exact) mass is 338 g/mol. The normalized spacial score (nSPS) is 14.5. The molecule has 0 saturated carbocycles. The molecular formula is C17H18N6O2. The Balaban J connectivity index is 2.00. The topological polar surface area (TPSA) is 81.1 Å². The number of rotatable bonds is 3. The molecule has 0 atom stereocenters. The number of hydrogen-bond donors (Lipinski definition) is 1. The molecule has 4 heterocycles. The summed E-state index contributed by atoms with van der Waals surface area (Å²) in [6, 6.07) is 1.74. The van der Waals surface area contributed by atoms with Crippen LogP contribution in [0.15, 0.2) is 34.1 Å². The van der Waals surface area contributed by atoms with Crippen molar-refractivity contribution in [1.82, 2.24) is 24.4 Å². The van der Waals surface area contributed by atoms with Crippen LogP contribution in [-0.4, -0.2) is 45.3 Å². The van der Waals surface area contributed by atoms with Crippen molar-refractivity contribution < 1.29 is 4.42 Å². The summed E-state index contributed by atoms with van der Waals surface area (Å²) < 4.78 is 8.33. The van der Waals surface area contributed by atoms with Crippen molar-refractivity contribution in [3.63, 3.8) is 0 Å². The predicted molar refractivity (Wildman–Crippen MR) is 93.9 cm³/mol. The van der Waals surface area contributed by atoms with E-state index in [-0.39, 0.29) is 5.69 Å². The zero-order valence-corrected chi connectivity index (χ0v) is 13.9. The van der Waals surface area contributed by atoms with Crippen LogP contribution in [0.1, 0.15) is 6.92 Å². The molecule has 8 nitrogen and oxygen atoms in total. The van der Waals surface area contributed by atoms with Crippen LogP contribution in [0.2, 0.25) is 0 Å². The molecule has 0 aliphatic carbocycles. The van der Waals surface area contributed by atoms with E-state index in [4.69, 9.17) is 4.42 Å². The first-order valence-electron chi connectivity index (χ1n) is 8.15. The lowest BCUT2D eigenvalue weighted by Gasteiger charge is -2.28. The molecule has 1 aliphatic heterocycles. The van der Waals surface area contributed by atoms with Gasteiger partial charge in [-0.05, 0) is 6.92 Å². The van der Waals surface area contributed by atoms with Crippen LogP contribution in [0, 0.1) is 11.8 Å². The van der Waals surface area contributed by atoms with Gasteiger partial charge in [-0.3, -0.25) is 4.57 Å². The van der Waals surface area contributed by atoms with Gasteiger partial charge in [-0.2, -0.15) is 0 Å². The zero-order chi connectivity index (χ0) is 17.2. The highest BCUT2D eigenvalue weighted by Crippen LogP contribution is 2.24. The molecule has 0 spiro atoms. The minimum Gasteiger partial charge on any atom is -0.470 e. The molecule has 0 bridgehead atoms. The first-order valence-corrected chi connectivity index (χ1v) is 8.15. The van der Waals surface area contributed by atoms with E-state index in [0.717, 1.165) is 32.0 Å². The van der Waals surface area contributed by atoms with Crippen molar-refractivity contribution in [2.24, 2.45) is 0 Å². The number of piperazine rings is 1. The van der Waals surface area contributed by atoms with E-state index in [1.165, 1.54) is 18.9 Å². The Kier molecular flexibility index (Phi) is 3.99. The van der Waals surface area contributed by atoms with Crippen LogP contribution < -0.4 is 15.9 Å². The zero-order valence-electron chi connectivity index (χ0n) is 13.9. The second-order valence-corrected chi connectivity index (χ2v) is 5.72. The highest BCUT2D eigenvalue weighted by molar-refractivity contribution is 5.85. The first-order chi connectivity index (χ1) is 12.3. The summed E-state index contributed by atoms with van der Waals surface area (Å²) in [6.45, 7) is 5.48. The van der Waals surface area contributed by atoms with E-state index in [2.05, 4.69) is 32.0 Å². The average molecular weight is 338 g/mol. The molecule has 0 aromatic carbocycles. The molecule has 3 aromatic rings. The lowest BCUT2D eigenvalue weighted by Crippen LogP contribution is -2.44. The molecule has 4 rings (SSSR count). The van der Waals surface area contributed by atoms with Gasteiger partial charge >= 0.3 is 5.69 Å². The number of fused-ring (bicyclic) bond motifs is 1. The standard InChI is InChI=1S/C17H18N6O2/c1-2-3-7-22-14-15(21-8-5-18-6-9-21)19-12-20-16(14)23(17(22)24)13-4-10-25-11-13/h4,10-12,18H,5-9H2,1H3. The number of anilines is 1. The number of aromatic nitrogens is 4. The van der Waals surface area contributed by atoms with Gasteiger partial charge < -0.3 is 14.6 Å². The van der Waals surface area contributed by atoms with E-state index < -0.39 is 0 Å². The SMILES string of the molecule is CC#CCn1c(=O)n(-c2ccoc2)c2ncnc(N3CCNCC3)c21. The lowest BCUT2D eigenvalue weighted by molar-refractivity contribution is 0.565. The molecule has 1 N–H and O–H groups in total. The van der Waals surface area contributed by atoms with E-state index in [1.807, 2.05) is 0 Å². The van der Waals surface area contributed by atoms with Crippen LogP contribution >= 0.6 is 0 Å². The Hall–Kier alpha value is -3.05. The minimum absolute atomic E-state index is 0.198. The fourth-order valence-electron chi connectivity index (χ4n) is 3.10. The van der Waals surface area contributed by atoms with Gasteiger partial charge in [-0.1, -0.05) is 5.92 Å². The largest absolute Gasteiger partial charge is 0.470 e. The van der Waals surface area contributed by atoms with Gasteiger partial charge in [0.25, 0.3) is 0 Å². The summed E-state index contributed by atoms with van der Waals surface area (Å²) >= 11 is 0. The summed E-state index contributed by atoms with van der Waals surface area (Å²) in [5.74, 6) is 6.59. The van der Waals surface area contributed by atoms with E-state index in [0.29, 0.717) is 23.4 Å². The molecule has 25 heavy (non-hydrogen) atoms. The molecular weight excluding hydrogens is 320 g/mol. The highest BCUT2D eigenvalue weighted by Gasteiger charge is 2.23. The predicted octanol–water partition coefficient (Wildman–Crippen LogP) is 0.608. The van der Waals surface area contributed by atoms with Crippen molar-refractivity contribution in [1.29, 1.82) is 0 Å². The van der Waals surface area contributed by atoms with Gasteiger partial charge in [0, 0.05) is 32.2 Å². The van der Waals surface area contributed by atoms with E-state index >= 15 is 0 Å². The molecule has 0 radical (unpaired) electrons. The molecule has 1 fully saturated rings. The molecule has 8 heteroatoms. The number of nitrogens with zero attached hydrogens (tertiary/aromatic N) is 5. The maximum absolute atomic E-state index is 13.0. The summed E-state index contributed by atoms with van der Waals surface area (Å²) in [6.07, 6.45) is 4.57. The van der Waals surface area contributed by atoms with Crippen LogP contribution in [0.4, 0.5) is 5.82 Å². The quantitative estimate of drug-likeness (QED) is 0.705. The van der Waals surface area contributed by atoms with E-state index in [9.17, 15) is 4.79 Å². The number of nitrogens with one attached hydrogen (secondary N) is 1. The van der Waals surface area contributed by atoms with Crippen molar-refractivity contribution in [2.45, 2.75) is 13.5 Å². The van der Waals surface area contributed by atoms with Crippen LogP contribution in [0.5, 0.6) is 0 Å². The van der Waals surface area contributed by atoms with Crippen LogP contribution in [-0.2, 0) is 6.54 Å². The average Bonchev–Trinajstić information content (AvgIpc) is 3.26. The summed E-state index contributed by atoms with van der Waals surface area (Å²) in [5, 5.41) is 3.33. The van der Waals surface area contributed by atoms with Crippen molar-refractivity contribution in [3.8, 4) is 17.5 Å². The fraction of sp³-hybridized carbons (Fsp3) is 0.353. The van der Waals surface area contributed by atoms with Crippen LogP contribution in [0.3, 0.4) is 0 Å². The third-order valence-corrected chi connectivity index (χ3v) is 4.28. The lowest BCUT2D eigenvalue weighted by atomic mass is 10.3. The van der Waals surface area contributed by atoms with Crippen molar-refractivity contribution >= 4 is 17.0 Å². The maximum Gasteiger partial charge on any atom is 0.336 e. The highest BCUT2D eigenvalue weighted by atomic mass is 16.3. The summed E-state index contributed by atoms with van der Waals surface area (Å²) in [4.78, 5) is 24.1.